The van der Waals surface area contributed by atoms with Gasteiger partial charge in [0.15, 0.2) is 11.5 Å². The molecule has 0 aliphatic heterocycles. The van der Waals surface area contributed by atoms with Crippen molar-refractivity contribution in [2.45, 2.75) is 26.3 Å². The molecule has 0 saturated carbocycles. The second-order valence-corrected chi connectivity index (χ2v) is 5.55. The van der Waals surface area contributed by atoms with Gasteiger partial charge < -0.3 is 20.1 Å². The number of hydrogen-bond acceptors (Lipinski definition) is 4. The van der Waals surface area contributed by atoms with Crippen LogP contribution in [0.3, 0.4) is 0 Å². The zero-order valence-corrected chi connectivity index (χ0v) is 13.1. The predicted molar refractivity (Wildman–Crippen MR) is 79.8 cm³/mol. The number of benzene rings is 1. The van der Waals surface area contributed by atoms with Gasteiger partial charge in [-0.05, 0) is 39.0 Å². The summed E-state index contributed by atoms with van der Waals surface area (Å²) < 4.78 is 10.2. The lowest BCUT2D eigenvalue weighted by atomic mass is 10.1. The quantitative estimate of drug-likeness (QED) is 0.859. The first-order valence-corrected chi connectivity index (χ1v) is 6.58. The Bertz CT molecular complexity index is 521. The van der Waals surface area contributed by atoms with Crippen molar-refractivity contribution >= 4 is 11.8 Å². The summed E-state index contributed by atoms with van der Waals surface area (Å²) in [6, 6.07) is 4.82. The molecule has 1 aromatic rings. The lowest BCUT2D eigenvalue weighted by Gasteiger charge is -2.20. The van der Waals surface area contributed by atoms with Crippen LogP contribution in [-0.4, -0.2) is 38.1 Å². The number of amides is 2. The zero-order valence-electron chi connectivity index (χ0n) is 13.1. The molecule has 0 unspecified atom stereocenters. The molecule has 0 spiro atoms. The van der Waals surface area contributed by atoms with Crippen molar-refractivity contribution in [1.29, 1.82) is 0 Å². The van der Waals surface area contributed by atoms with Crippen LogP contribution in [0.5, 0.6) is 11.5 Å². The molecule has 0 bridgehead atoms. The normalized spacial score (nSPS) is 10.7. The molecule has 116 valence electrons. The predicted octanol–water partition coefficient (Wildman–Crippen LogP) is 1.35. The van der Waals surface area contributed by atoms with E-state index in [0.717, 1.165) is 0 Å². The van der Waals surface area contributed by atoms with Crippen LogP contribution in [0.4, 0.5) is 0 Å². The van der Waals surface area contributed by atoms with E-state index in [-0.39, 0.29) is 23.9 Å². The van der Waals surface area contributed by atoms with Gasteiger partial charge in [0.25, 0.3) is 5.91 Å². The molecule has 0 saturated heterocycles. The van der Waals surface area contributed by atoms with E-state index in [2.05, 4.69) is 10.6 Å². The topological polar surface area (TPSA) is 76.7 Å². The first-order valence-electron chi connectivity index (χ1n) is 6.58. The average molecular weight is 294 g/mol. The summed E-state index contributed by atoms with van der Waals surface area (Å²) in [7, 11) is 3.02. The zero-order chi connectivity index (χ0) is 16.0. The molecule has 0 aliphatic rings. The van der Waals surface area contributed by atoms with Crippen molar-refractivity contribution in [2.24, 2.45) is 0 Å². The summed E-state index contributed by atoms with van der Waals surface area (Å²) in [5.74, 6) is 0.417. The van der Waals surface area contributed by atoms with Gasteiger partial charge >= 0.3 is 0 Å². The monoisotopic (exact) mass is 294 g/mol. The van der Waals surface area contributed by atoms with Crippen LogP contribution in [0.15, 0.2) is 18.2 Å². The van der Waals surface area contributed by atoms with E-state index in [1.54, 1.807) is 18.2 Å². The molecule has 0 aliphatic carbocycles. The number of rotatable bonds is 5. The number of hydrogen-bond donors (Lipinski definition) is 2. The van der Waals surface area contributed by atoms with Gasteiger partial charge in [-0.1, -0.05) is 0 Å². The Morgan fingerprint density at radius 2 is 1.71 bits per heavy atom. The van der Waals surface area contributed by atoms with Crippen LogP contribution >= 0.6 is 0 Å². The molecule has 0 atom stereocenters. The van der Waals surface area contributed by atoms with E-state index in [9.17, 15) is 9.59 Å². The van der Waals surface area contributed by atoms with Gasteiger partial charge in [0.2, 0.25) is 5.91 Å². The van der Waals surface area contributed by atoms with E-state index < -0.39 is 0 Å². The first-order chi connectivity index (χ1) is 9.76. The highest BCUT2D eigenvalue weighted by Gasteiger charge is 2.15. The van der Waals surface area contributed by atoms with Crippen LogP contribution in [0.1, 0.15) is 31.1 Å². The third-order valence-electron chi connectivity index (χ3n) is 2.57. The SMILES string of the molecule is COc1ccc(C(=O)NCC(=O)NC(C)(C)C)cc1OC. The molecular weight excluding hydrogens is 272 g/mol. The number of carbonyl (C=O) groups excluding carboxylic acids is 2. The molecular formula is C15H22N2O4. The average Bonchev–Trinajstić information content (AvgIpc) is 2.42. The summed E-state index contributed by atoms with van der Waals surface area (Å²) >= 11 is 0. The van der Waals surface area contributed by atoms with E-state index in [0.29, 0.717) is 17.1 Å². The Labute approximate surface area is 124 Å². The van der Waals surface area contributed by atoms with Gasteiger partial charge in [-0.2, -0.15) is 0 Å². The molecule has 6 nitrogen and oxygen atoms in total. The summed E-state index contributed by atoms with van der Waals surface area (Å²) in [6.07, 6.45) is 0. The van der Waals surface area contributed by atoms with Crippen molar-refractivity contribution in [3.05, 3.63) is 23.8 Å². The first kappa shape index (κ1) is 16.8. The highest BCUT2D eigenvalue weighted by atomic mass is 16.5. The number of methoxy groups -OCH3 is 2. The number of ether oxygens (including phenoxy) is 2. The molecule has 0 aromatic heterocycles. The van der Waals surface area contributed by atoms with Crippen molar-refractivity contribution in [3.8, 4) is 11.5 Å². The van der Waals surface area contributed by atoms with Gasteiger partial charge in [-0.15, -0.1) is 0 Å². The Balaban J connectivity index is 2.66. The van der Waals surface area contributed by atoms with Crippen molar-refractivity contribution in [2.75, 3.05) is 20.8 Å². The Kier molecular flexibility index (Phi) is 5.58. The van der Waals surface area contributed by atoms with Crippen LogP contribution in [0, 0.1) is 0 Å². The number of carbonyl (C=O) groups is 2. The van der Waals surface area contributed by atoms with Gasteiger partial charge in [-0.25, -0.2) is 0 Å². The maximum Gasteiger partial charge on any atom is 0.251 e. The second-order valence-electron chi connectivity index (χ2n) is 5.55. The van der Waals surface area contributed by atoms with Crippen LogP contribution in [-0.2, 0) is 4.79 Å². The Hall–Kier alpha value is -2.24. The molecule has 21 heavy (non-hydrogen) atoms. The lowest BCUT2D eigenvalue weighted by Crippen LogP contribution is -2.45. The van der Waals surface area contributed by atoms with E-state index in [1.807, 2.05) is 20.8 Å². The van der Waals surface area contributed by atoms with Crippen LogP contribution in [0.25, 0.3) is 0 Å². The molecule has 0 fully saturated rings. The van der Waals surface area contributed by atoms with Gasteiger partial charge in [0.05, 0.1) is 20.8 Å². The fourth-order valence-electron chi connectivity index (χ4n) is 1.70. The van der Waals surface area contributed by atoms with E-state index in [1.165, 1.54) is 14.2 Å². The van der Waals surface area contributed by atoms with Gasteiger partial charge in [0.1, 0.15) is 0 Å². The standard InChI is InChI=1S/C15H22N2O4/c1-15(2,3)17-13(18)9-16-14(19)10-6-7-11(20-4)12(8-10)21-5/h6-8H,9H2,1-5H3,(H,16,19)(H,17,18). The Morgan fingerprint density at radius 3 is 2.24 bits per heavy atom. The highest BCUT2D eigenvalue weighted by Crippen LogP contribution is 2.27. The Morgan fingerprint density at radius 1 is 1.10 bits per heavy atom. The van der Waals surface area contributed by atoms with Crippen LogP contribution < -0.4 is 20.1 Å². The molecule has 1 aromatic carbocycles. The van der Waals surface area contributed by atoms with Crippen molar-refractivity contribution in [1.82, 2.24) is 10.6 Å². The third-order valence-corrected chi connectivity index (χ3v) is 2.57. The van der Waals surface area contributed by atoms with Crippen LogP contribution in [0.2, 0.25) is 0 Å². The third kappa shape index (κ3) is 5.33. The minimum atomic E-state index is -0.347. The highest BCUT2D eigenvalue weighted by molar-refractivity contribution is 5.97. The lowest BCUT2D eigenvalue weighted by molar-refractivity contribution is -0.121. The maximum absolute atomic E-state index is 12.0. The summed E-state index contributed by atoms with van der Waals surface area (Å²) in [6.45, 7) is 5.55. The summed E-state index contributed by atoms with van der Waals surface area (Å²) in [5, 5.41) is 5.33. The second kappa shape index (κ2) is 6.97. The minimum Gasteiger partial charge on any atom is -0.493 e. The van der Waals surface area contributed by atoms with E-state index in [4.69, 9.17) is 9.47 Å². The molecule has 1 rings (SSSR count). The molecule has 0 heterocycles. The fourth-order valence-corrected chi connectivity index (χ4v) is 1.70. The smallest absolute Gasteiger partial charge is 0.251 e. The van der Waals surface area contributed by atoms with Crippen molar-refractivity contribution in [3.63, 3.8) is 0 Å². The molecule has 2 N–H and O–H groups in total. The van der Waals surface area contributed by atoms with Gasteiger partial charge in [-0.3, -0.25) is 9.59 Å². The largest absolute Gasteiger partial charge is 0.493 e. The van der Waals surface area contributed by atoms with E-state index >= 15 is 0 Å². The molecule has 6 heteroatoms. The summed E-state index contributed by atoms with van der Waals surface area (Å²) in [5.41, 5.74) is 0.0710. The molecule has 2 amide bonds. The minimum absolute atomic E-state index is 0.0789. The van der Waals surface area contributed by atoms with Crippen molar-refractivity contribution < 1.29 is 19.1 Å². The number of nitrogens with one attached hydrogen (secondary N) is 2. The molecule has 0 radical (unpaired) electrons. The van der Waals surface area contributed by atoms with Gasteiger partial charge in [0, 0.05) is 11.1 Å². The fraction of sp³-hybridized carbons (Fsp3) is 0.467. The maximum atomic E-state index is 12.0. The summed E-state index contributed by atoms with van der Waals surface area (Å²) in [4.78, 5) is 23.6.